The molecule has 0 amide bonds. The van der Waals surface area contributed by atoms with E-state index in [0.717, 1.165) is 6.61 Å². The quantitative estimate of drug-likeness (QED) is 0.288. The van der Waals surface area contributed by atoms with Crippen molar-refractivity contribution in [3.63, 3.8) is 0 Å². The molecule has 0 saturated carbocycles. The molecule has 0 radical (unpaired) electrons. The number of ether oxygens (including phenoxy) is 1. The van der Waals surface area contributed by atoms with Crippen molar-refractivity contribution in [2.75, 3.05) is 18.1 Å². The Hall–Kier alpha value is 0.750. The molecule has 12 heavy (non-hydrogen) atoms. The van der Waals surface area contributed by atoms with Gasteiger partial charge in [-0.15, -0.1) is 16.7 Å². The summed E-state index contributed by atoms with van der Waals surface area (Å²) in [6.07, 6.45) is 1.92. The van der Waals surface area contributed by atoms with Crippen molar-refractivity contribution in [3.05, 3.63) is 12.7 Å². The predicted molar refractivity (Wildman–Crippen MR) is 57.4 cm³/mol. The van der Waals surface area contributed by atoms with E-state index < -0.39 is 15.8 Å². The van der Waals surface area contributed by atoms with Gasteiger partial charge in [0.1, 0.15) is 0 Å². The molecule has 2 N–H and O–H groups in total. The second kappa shape index (κ2) is 4.31. The fourth-order valence-corrected chi connectivity index (χ4v) is 5.43. The highest BCUT2D eigenvalue weighted by molar-refractivity contribution is 8.65. The molecule has 1 rings (SSSR count). The molecule has 0 spiro atoms. The highest BCUT2D eigenvalue weighted by Crippen LogP contribution is 2.47. The van der Waals surface area contributed by atoms with Crippen molar-refractivity contribution < 1.29 is 14.5 Å². The summed E-state index contributed by atoms with van der Waals surface area (Å²) in [5, 5.41) is 0. The summed E-state index contributed by atoms with van der Waals surface area (Å²) < 4.78 is 5.01. The van der Waals surface area contributed by atoms with E-state index in [1.165, 1.54) is 0 Å². The molecule has 1 aliphatic rings. The third kappa shape index (κ3) is 3.64. The maximum atomic E-state index is 9.33. The molecule has 72 valence electrons. The van der Waals surface area contributed by atoms with Crippen LogP contribution in [0.15, 0.2) is 12.7 Å². The van der Waals surface area contributed by atoms with Gasteiger partial charge in [-0.25, -0.2) is 0 Å². The first-order valence-electron chi connectivity index (χ1n) is 3.52. The molecular weight excluding hydrogens is 215 g/mol. The summed E-state index contributed by atoms with van der Waals surface area (Å²) in [6, 6.07) is 0. The van der Waals surface area contributed by atoms with E-state index in [4.69, 9.17) is 4.74 Å². The molecule has 6 heteroatoms. The maximum Gasteiger partial charge on any atom is 0.199 e. The second-order valence-electron chi connectivity index (χ2n) is 2.55. The van der Waals surface area contributed by atoms with Crippen LogP contribution >= 0.6 is 17.9 Å². The van der Waals surface area contributed by atoms with Crippen LogP contribution in [0.2, 0.25) is 0 Å². The van der Waals surface area contributed by atoms with Crippen LogP contribution in [0.1, 0.15) is 0 Å². The van der Waals surface area contributed by atoms with E-state index in [-0.39, 0.29) is 6.10 Å². The highest BCUT2D eigenvalue weighted by atomic mass is 32.9. The standard InChI is InChI=1S/C6H13O3PS2/c1-2-3-12(10(7,8)11)5-6-4-9-6/h2,6-8,11H,1,3-5H2. The zero-order valence-electron chi connectivity index (χ0n) is 6.59. The Morgan fingerprint density at radius 2 is 2.33 bits per heavy atom. The first-order chi connectivity index (χ1) is 5.54. The third-order valence-corrected chi connectivity index (χ3v) is 8.56. The first-order valence-corrected chi connectivity index (χ1v) is 8.53. The van der Waals surface area contributed by atoms with Gasteiger partial charge in [-0.1, -0.05) is 18.3 Å². The summed E-state index contributed by atoms with van der Waals surface area (Å²) in [4.78, 5) is 18.7. The molecule has 3 nitrogen and oxygen atoms in total. The Bertz CT molecular complexity index is 223. The van der Waals surface area contributed by atoms with Crippen LogP contribution in [-0.2, 0) is 14.8 Å². The minimum absolute atomic E-state index is 0.221. The Morgan fingerprint density at radius 1 is 1.75 bits per heavy atom. The van der Waals surface area contributed by atoms with Crippen molar-refractivity contribution in [1.82, 2.24) is 0 Å². The normalized spacial score (nSPS) is 25.1. The van der Waals surface area contributed by atoms with E-state index >= 15 is 0 Å². The van der Waals surface area contributed by atoms with Gasteiger partial charge in [0.25, 0.3) is 0 Å². The molecule has 2 atom stereocenters. The van der Waals surface area contributed by atoms with Gasteiger partial charge in [0.2, 0.25) is 0 Å². The smallest absolute Gasteiger partial charge is 0.199 e. The summed E-state index contributed by atoms with van der Waals surface area (Å²) in [6.45, 7) is 4.31. The molecule has 1 saturated heterocycles. The van der Waals surface area contributed by atoms with Gasteiger partial charge in [-0.05, 0) is 0 Å². The minimum atomic E-state index is -2.99. The average Bonchev–Trinajstić information content (AvgIpc) is 2.68. The van der Waals surface area contributed by atoms with Gasteiger partial charge in [0.05, 0.1) is 12.7 Å². The Kier molecular flexibility index (Phi) is 3.89. The fraction of sp³-hybridized carbons (Fsp3) is 0.667. The highest BCUT2D eigenvalue weighted by Gasteiger charge is 2.25. The van der Waals surface area contributed by atoms with Crippen molar-refractivity contribution in [1.29, 1.82) is 0 Å². The molecule has 1 heterocycles. The second-order valence-corrected chi connectivity index (χ2v) is 10.7. The third-order valence-electron chi connectivity index (χ3n) is 1.44. The SMILES string of the molecule is C=CCS(CC1CO1)=P(O)(O)S. The summed E-state index contributed by atoms with van der Waals surface area (Å²) in [5.41, 5.74) is -2.99. The first kappa shape index (κ1) is 10.8. The van der Waals surface area contributed by atoms with Crippen LogP contribution in [0.4, 0.5) is 0 Å². The Balaban J connectivity index is 2.65. The van der Waals surface area contributed by atoms with Crippen molar-refractivity contribution in [2.24, 2.45) is 0 Å². The molecule has 0 aromatic heterocycles. The predicted octanol–water partition coefficient (Wildman–Crippen LogP) is 0.781. The van der Waals surface area contributed by atoms with Gasteiger partial charge in [0, 0.05) is 11.5 Å². The monoisotopic (exact) mass is 228 g/mol. The van der Waals surface area contributed by atoms with Gasteiger partial charge < -0.3 is 14.5 Å². The van der Waals surface area contributed by atoms with E-state index in [1.807, 2.05) is 0 Å². The lowest BCUT2D eigenvalue weighted by Crippen LogP contribution is -2.07. The topological polar surface area (TPSA) is 53.0 Å². The van der Waals surface area contributed by atoms with E-state index in [0.29, 0.717) is 11.5 Å². The molecule has 1 aliphatic heterocycles. The van der Waals surface area contributed by atoms with Crippen LogP contribution in [0.3, 0.4) is 0 Å². The molecule has 0 aliphatic carbocycles. The van der Waals surface area contributed by atoms with Gasteiger partial charge in [-0.3, -0.25) is 0 Å². The average molecular weight is 228 g/mol. The molecule has 1 fully saturated rings. The van der Waals surface area contributed by atoms with Gasteiger partial charge >= 0.3 is 0 Å². The molecule has 0 aromatic rings. The number of hydrogen-bond donors (Lipinski definition) is 3. The zero-order valence-corrected chi connectivity index (χ0v) is 9.19. The van der Waals surface area contributed by atoms with Crippen LogP contribution in [0.5, 0.6) is 0 Å². The summed E-state index contributed by atoms with van der Waals surface area (Å²) in [5.74, 6) is 1.32. The zero-order chi connectivity index (χ0) is 9.19. The number of epoxide rings is 1. The lowest BCUT2D eigenvalue weighted by Gasteiger charge is -2.13. The number of thiol groups is 1. The number of rotatable bonds is 4. The van der Waals surface area contributed by atoms with Crippen molar-refractivity contribution >= 4 is 28.0 Å². The van der Waals surface area contributed by atoms with Crippen LogP contribution in [0.25, 0.3) is 0 Å². The van der Waals surface area contributed by atoms with Crippen LogP contribution < -0.4 is 0 Å². The van der Waals surface area contributed by atoms with E-state index in [9.17, 15) is 9.79 Å². The lowest BCUT2D eigenvalue weighted by molar-refractivity contribution is 0.425. The Labute approximate surface area is 79.7 Å². The van der Waals surface area contributed by atoms with Crippen LogP contribution in [0, 0.1) is 0 Å². The molecule has 0 aromatic carbocycles. The molecular formula is C6H13O3PS2. The maximum absolute atomic E-state index is 9.33. The van der Waals surface area contributed by atoms with Gasteiger partial charge in [0.15, 0.2) is 5.69 Å². The minimum Gasteiger partial charge on any atom is -0.372 e. The molecule has 0 bridgehead atoms. The summed E-state index contributed by atoms with van der Waals surface area (Å²) in [7, 11) is -0.466. The van der Waals surface area contributed by atoms with Crippen LogP contribution in [-0.4, -0.2) is 34.0 Å². The van der Waals surface area contributed by atoms with E-state index in [1.54, 1.807) is 6.08 Å². The number of hydrogen-bond acceptors (Lipinski definition) is 1. The van der Waals surface area contributed by atoms with Crippen molar-refractivity contribution in [3.8, 4) is 0 Å². The fourth-order valence-electron chi connectivity index (χ4n) is 0.783. The van der Waals surface area contributed by atoms with E-state index in [2.05, 4.69) is 18.8 Å². The Morgan fingerprint density at radius 3 is 2.67 bits per heavy atom. The largest absolute Gasteiger partial charge is 0.372 e. The lowest BCUT2D eigenvalue weighted by atomic mass is 10.6. The van der Waals surface area contributed by atoms with Gasteiger partial charge in [-0.2, -0.15) is 0 Å². The molecule has 2 unspecified atom stereocenters. The summed E-state index contributed by atoms with van der Waals surface area (Å²) >= 11 is 3.82. The van der Waals surface area contributed by atoms with Crippen molar-refractivity contribution in [2.45, 2.75) is 6.10 Å².